The lowest BCUT2D eigenvalue weighted by Crippen LogP contribution is -2.10. The van der Waals surface area contributed by atoms with Crippen molar-refractivity contribution in [3.63, 3.8) is 0 Å². The molecule has 0 aliphatic heterocycles. The number of phenols is 1. The average molecular weight is 249 g/mol. The monoisotopic (exact) mass is 248 g/mol. The average Bonchev–Trinajstić information content (AvgIpc) is 2.87. The quantitative estimate of drug-likeness (QED) is 0.828. The number of aromatic hydroxyl groups is 1. The molecule has 1 aromatic rings. The minimum Gasteiger partial charge on any atom is -0.508 e. The first kappa shape index (κ1) is 10.8. The molecule has 0 saturated heterocycles. The Balaban J connectivity index is 2.07. The van der Waals surface area contributed by atoms with Gasteiger partial charge in [0.05, 0.1) is 5.03 Å². The molecular weight excluding hydrogens is 236 g/mol. The second kappa shape index (κ2) is 3.88. The van der Waals surface area contributed by atoms with Gasteiger partial charge in [-0.25, -0.2) is 0 Å². The van der Waals surface area contributed by atoms with Crippen molar-refractivity contribution in [3.05, 3.63) is 34.9 Å². The third-order valence-electron chi connectivity index (χ3n) is 3.85. The zero-order valence-corrected chi connectivity index (χ0v) is 10.1. The van der Waals surface area contributed by atoms with Gasteiger partial charge in [-0.3, -0.25) is 4.79 Å². The first-order valence-corrected chi connectivity index (χ1v) is 6.29. The normalized spacial score (nSPS) is 27.7. The van der Waals surface area contributed by atoms with Gasteiger partial charge in [0.1, 0.15) is 5.75 Å². The smallest absolute Gasteiger partial charge is 0.178 e. The summed E-state index contributed by atoms with van der Waals surface area (Å²) in [6.07, 6.45) is 3.11. The van der Waals surface area contributed by atoms with Crippen LogP contribution in [0.1, 0.15) is 24.8 Å². The number of hydrogen-bond acceptors (Lipinski definition) is 2. The van der Waals surface area contributed by atoms with Crippen molar-refractivity contribution in [2.75, 3.05) is 0 Å². The van der Waals surface area contributed by atoms with Crippen LogP contribution in [0.25, 0.3) is 5.57 Å². The molecule has 0 spiro atoms. The number of fused-ring (bicyclic) bond motifs is 1. The molecule has 2 unspecified atom stereocenters. The lowest BCUT2D eigenvalue weighted by atomic mass is 9.90. The van der Waals surface area contributed by atoms with E-state index in [9.17, 15) is 9.90 Å². The first-order chi connectivity index (χ1) is 8.18. The van der Waals surface area contributed by atoms with E-state index in [1.54, 1.807) is 12.1 Å². The number of Topliss-reactive ketones (excluding diaryl/α,β-unsaturated/α-hetero) is 1. The zero-order valence-electron chi connectivity index (χ0n) is 9.32. The number of allylic oxidation sites excluding steroid dienone is 2. The van der Waals surface area contributed by atoms with Gasteiger partial charge in [-0.05, 0) is 42.0 Å². The molecule has 88 valence electrons. The van der Waals surface area contributed by atoms with Gasteiger partial charge < -0.3 is 5.11 Å². The molecule has 1 fully saturated rings. The van der Waals surface area contributed by atoms with Gasteiger partial charge in [0.25, 0.3) is 0 Å². The number of ketones is 1. The number of phenolic OH excluding ortho intramolecular Hbond substituents is 1. The molecule has 0 radical (unpaired) electrons. The maximum absolute atomic E-state index is 12.0. The number of rotatable bonds is 1. The van der Waals surface area contributed by atoms with Crippen LogP contribution in [0.15, 0.2) is 29.3 Å². The Bertz CT molecular complexity index is 501. The highest BCUT2D eigenvalue weighted by Crippen LogP contribution is 2.50. The molecule has 3 heteroatoms. The Kier molecular flexibility index (Phi) is 2.48. The lowest BCUT2D eigenvalue weighted by molar-refractivity contribution is -0.118. The maximum Gasteiger partial charge on any atom is 0.178 e. The minimum absolute atomic E-state index is 0.103. The van der Waals surface area contributed by atoms with E-state index in [-0.39, 0.29) is 17.5 Å². The van der Waals surface area contributed by atoms with Crippen LogP contribution in [-0.2, 0) is 4.79 Å². The van der Waals surface area contributed by atoms with Crippen molar-refractivity contribution < 1.29 is 9.90 Å². The molecule has 1 aromatic carbocycles. The molecular formula is C14H13ClO2. The minimum atomic E-state index is 0.103. The van der Waals surface area contributed by atoms with E-state index in [1.165, 1.54) is 0 Å². The van der Waals surface area contributed by atoms with Crippen LogP contribution in [0.5, 0.6) is 5.75 Å². The number of halogens is 1. The van der Waals surface area contributed by atoms with Crippen molar-refractivity contribution in [1.82, 2.24) is 0 Å². The van der Waals surface area contributed by atoms with E-state index in [0.29, 0.717) is 11.0 Å². The third-order valence-corrected chi connectivity index (χ3v) is 4.24. The molecule has 2 aliphatic carbocycles. The summed E-state index contributed by atoms with van der Waals surface area (Å²) in [5.41, 5.74) is 1.95. The first-order valence-electron chi connectivity index (χ1n) is 5.92. The molecule has 0 bridgehead atoms. The molecule has 1 N–H and O–H groups in total. The highest BCUT2D eigenvalue weighted by Gasteiger charge is 2.44. The van der Waals surface area contributed by atoms with Crippen LogP contribution in [0, 0.1) is 11.8 Å². The van der Waals surface area contributed by atoms with Crippen LogP contribution in [0.2, 0.25) is 0 Å². The Hall–Kier alpha value is -1.28. The van der Waals surface area contributed by atoms with Gasteiger partial charge >= 0.3 is 0 Å². The van der Waals surface area contributed by atoms with Gasteiger partial charge in [-0.15, -0.1) is 0 Å². The number of carbonyl (C=O) groups is 1. The fourth-order valence-electron chi connectivity index (χ4n) is 3.06. The Morgan fingerprint density at radius 2 is 1.76 bits per heavy atom. The molecule has 2 atom stereocenters. The fourth-order valence-corrected chi connectivity index (χ4v) is 3.45. The summed E-state index contributed by atoms with van der Waals surface area (Å²) >= 11 is 6.17. The summed E-state index contributed by atoms with van der Waals surface area (Å²) in [6.45, 7) is 0. The fraction of sp³-hybridized carbons (Fsp3) is 0.357. The van der Waals surface area contributed by atoms with Gasteiger partial charge in [0.15, 0.2) is 5.78 Å². The maximum atomic E-state index is 12.0. The Labute approximate surface area is 105 Å². The Morgan fingerprint density at radius 1 is 1.12 bits per heavy atom. The van der Waals surface area contributed by atoms with E-state index >= 15 is 0 Å². The molecule has 2 aliphatic rings. The van der Waals surface area contributed by atoms with Crippen LogP contribution >= 0.6 is 11.6 Å². The molecule has 0 amide bonds. The van der Waals surface area contributed by atoms with E-state index in [0.717, 1.165) is 30.4 Å². The van der Waals surface area contributed by atoms with Gasteiger partial charge in [-0.2, -0.15) is 0 Å². The third kappa shape index (κ3) is 1.59. The van der Waals surface area contributed by atoms with Crippen LogP contribution in [-0.4, -0.2) is 10.9 Å². The van der Waals surface area contributed by atoms with Crippen LogP contribution < -0.4 is 0 Å². The van der Waals surface area contributed by atoms with Gasteiger partial charge in [0.2, 0.25) is 0 Å². The van der Waals surface area contributed by atoms with Crippen molar-refractivity contribution in [3.8, 4) is 5.75 Å². The highest BCUT2D eigenvalue weighted by molar-refractivity contribution is 6.47. The summed E-state index contributed by atoms with van der Waals surface area (Å²) in [5, 5.41) is 9.70. The molecule has 3 rings (SSSR count). The Morgan fingerprint density at radius 3 is 2.47 bits per heavy atom. The molecule has 2 nitrogen and oxygen atoms in total. The van der Waals surface area contributed by atoms with Crippen molar-refractivity contribution in [1.29, 1.82) is 0 Å². The highest BCUT2D eigenvalue weighted by atomic mass is 35.5. The van der Waals surface area contributed by atoms with E-state index in [1.807, 2.05) is 12.1 Å². The van der Waals surface area contributed by atoms with E-state index in [2.05, 4.69) is 0 Å². The van der Waals surface area contributed by atoms with Crippen molar-refractivity contribution >= 4 is 23.0 Å². The van der Waals surface area contributed by atoms with Crippen LogP contribution in [0.3, 0.4) is 0 Å². The number of hydrogen-bond donors (Lipinski definition) is 1. The standard InChI is InChI=1S/C14H13ClO2/c15-13-12(8-4-6-9(16)7-5-8)10-2-1-3-11(10)14(13)17/h4-7,10-11,16H,1-3H2. The van der Waals surface area contributed by atoms with E-state index in [4.69, 9.17) is 11.6 Å². The second-order valence-corrected chi connectivity index (χ2v) is 5.16. The summed E-state index contributed by atoms with van der Waals surface area (Å²) in [5.74, 6) is 0.737. The predicted molar refractivity (Wildman–Crippen MR) is 66.7 cm³/mol. The van der Waals surface area contributed by atoms with Gasteiger partial charge in [0, 0.05) is 5.92 Å². The number of benzene rings is 1. The van der Waals surface area contributed by atoms with Gasteiger partial charge in [-0.1, -0.05) is 30.2 Å². The van der Waals surface area contributed by atoms with Crippen molar-refractivity contribution in [2.24, 2.45) is 11.8 Å². The topological polar surface area (TPSA) is 37.3 Å². The summed E-state index contributed by atoms with van der Waals surface area (Å²) in [7, 11) is 0. The molecule has 17 heavy (non-hydrogen) atoms. The largest absolute Gasteiger partial charge is 0.508 e. The van der Waals surface area contributed by atoms with Crippen LogP contribution in [0.4, 0.5) is 0 Å². The molecule has 1 saturated carbocycles. The van der Waals surface area contributed by atoms with Crippen molar-refractivity contribution in [2.45, 2.75) is 19.3 Å². The number of carbonyl (C=O) groups excluding carboxylic acids is 1. The molecule has 0 aromatic heterocycles. The van der Waals surface area contributed by atoms with E-state index < -0.39 is 0 Å². The summed E-state index contributed by atoms with van der Waals surface area (Å²) in [4.78, 5) is 12.0. The zero-order chi connectivity index (χ0) is 12.0. The summed E-state index contributed by atoms with van der Waals surface area (Å²) in [6, 6.07) is 6.95. The lowest BCUT2D eigenvalue weighted by Gasteiger charge is -2.13. The SMILES string of the molecule is O=C1C(Cl)=C(c2ccc(O)cc2)C2CCCC12. The predicted octanol–water partition coefficient (Wildman–Crippen LogP) is 3.34. The second-order valence-electron chi connectivity index (χ2n) is 4.78. The molecule has 0 heterocycles. The summed E-state index contributed by atoms with van der Waals surface area (Å²) < 4.78 is 0.